The molecule has 0 spiro atoms. The minimum Gasteiger partial charge on any atom is -0.506 e. The number of H-pyrrole nitrogens is 1. The van der Waals surface area contributed by atoms with Crippen LogP contribution in [0.5, 0.6) is 5.75 Å². The quantitative estimate of drug-likeness (QED) is 0.579. The molecule has 0 saturated heterocycles. The highest BCUT2D eigenvalue weighted by molar-refractivity contribution is 6.11. The van der Waals surface area contributed by atoms with Crippen molar-refractivity contribution in [3.8, 4) is 5.75 Å². The number of aromatic hydroxyl groups is 1. The number of ether oxygens (including phenoxy) is 1. The number of phenols is 1. The fourth-order valence-corrected chi connectivity index (χ4v) is 2.06. The van der Waals surface area contributed by atoms with E-state index in [1.54, 1.807) is 6.07 Å². The van der Waals surface area contributed by atoms with Crippen molar-refractivity contribution in [1.29, 1.82) is 0 Å². The highest BCUT2D eigenvalue weighted by Crippen LogP contribution is 2.28. The van der Waals surface area contributed by atoms with Gasteiger partial charge in [-0.3, -0.25) is 4.79 Å². The summed E-state index contributed by atoms with van der Waals surface area (Å²) in [5.74, 6) is -0.679. The Labute approximate surface area is 134 Å². The number of carbonyl (C=O) groups is 2. The number of hydrogen-bond acceptors (Lipinski definition) is 5. The van der Waals surface area contributed by atoms with E-state index in [0.717, 1.165) is 0 Å². The van der Waals surface area contributed by atoms with E-state index in [2.05, 4.69) is 15.0 Å². The summed E-state index contributed by atoms with van der Waals surface area (Å²) in [6.07, 6.45) is 0. The Kier molecular flexibility index (Phi) is 5.96. The number of aromatic amines is 1. The summed E-state index contributed by atoms with van der Waals surface area (Å²) in [4.78, 5) is 26.6. The molecule has 22 heavy (non-hydrogen) atoms. The van der Waals surface area contributed by atoms with Gasteiger partial charge in [0.25, 0.3) is 0 Å². The summed E-state index contributed by atoms with van der Waals surface area (Å²) in [5, 5.41) is 13.4. The lowest BCUT2D eigenvalue weighted by molar-refractivity contribution is 0.0595. The number of phenolic OH excluding ortho intramolecular Hbond substituents is 1. The summed E-state index contributed by atoms with van der Waals surface area (Å²) in [5.41, 5.74) is 0.994. The number of benzene rings is 1. The number of nitrogens with one attached hydrogen (secondary N) is 2. The molecule has 3 N–H and O–H groups in total. The number of rotatable bonds is 5. The molecule has 0 aliphatic rings. The number of carbonyl (C=O) groups excluding carboxylic acids is 2. The van der Waals surface area contributed by atoms with Crippen molar-refractivity contribution in [2.75, 3.05) is 13.7 Å². The molecule has 120 valence electrons. The van der Waals surface area contributed by atoms with Crippen molar-refractivity contribution >= 4 is 35.1 Å². The van der Waals surface area contributed by atoms with Gasteiger partial charge in [-0.2, -0.15) is 0 Å². The van der Waals surface area contributed by atoms with E-state index in [4.69, 9.17) is 0 Å². The van der Waals surface area contributed by atoms with E-state index >= 15 is 0 Å². The van der Waals surface area contributed by atoms with Crippen LogP contribution in [0.3, 0.4) is 0 Å². The third-order valence-electron chi connectivity index (χ3n) is 3.15. The zero-order valence-electron chi connectivity index (χ0n) is 12.6. The van der Waals surface area contributed by atoms with Crippen LogP contribution in [-0.2, 0) is 4.74 Å². The first-order chi connectivity index (χ1) is 9.93. The second-order valence-corrected chi connectivity index (χ2v) is 5.05. The molecule has 0 amide bonds. The fourth-order valence-electron chi connectivity index (χ4n) is 2.06. The van der Waals surface area contributed by atoms with Gasteiger partial charge in [0, 0.05) is 17.0 Å². The molecule has 0 aliphatic heterocycles. The monoisotopic (exact) mass is 326 g/mol. The summed E-state index contributed by atoms with van der Waals surface area (Å²) >= 11 is 0. The number of halogens is 1. The summed E-state index contributed by atoms with van der Waals surface area (Å²) in [7, 11) is 1.27. The number of aromatic nitrogens is 1. The number of methoxy groups -OCH3 is 1. The molecule has 1 aromatic carbocycles. The highest BCUT2D eigenvalue weighted by atomic mass is 35.5. The highest BCUT2D eigenvalue weighted by Gasteiger charge is 2.17. The Morgan fingerprint density at radius 1 is 1.36 bits per heavy atom. The first kappa shape index (κ1) is 18.0. The van der Waals surface area contributed by atoms with Gasteiger partial charge in [-0.25, -0.2) is 4.79 Å². The minimum atomic E-state index is -0.552. The molecule has 2 aromatic rings. The molecule has 0 fully saturated rings. The lowest BCUT2D eigenvalue weighted by atomic mass is 10.0. The van der Waals surface area contributed by atoms with Crippen molar-refractivity contribution in [2.24, 2.45) is 0 Å². The maximum atomic E-state index is 12.2. The van der Waals surface area contributed by atoms with Crippen molar-refractivity contribution in [3.63, 3.8) is 0 Å². The third kappa shape index (κ3) is 3.58. The first-order valence-electron chi connectivity index (χ1n) is 6.63. The number of ketones is 1. The predicted octanol–water partition coefficient (Wildman–Crippen LogP) is 2.26. The van der Waals surface area contributed by atoms with Crippen LogP contribution in [0.2, 0.25) is 0 Å². The van der Waals surface area contributed by atoms with Gasteiger partial charge < -0.3 is 20.1 Å². The van der Waals surface area contributed by atoms with Gasteiger partial charge in [0.15, 0.2) is 5.78 Å². The van der Waals surface area contributed by atoms with Crippen LogP contribution in [0.4, 0.5) is 0 Å². The lowest BCUT2D eigenvalue weighted by Crippen LogP contribution is -2.29. The van der Waals surface area contributed by atoms with Gasteiger partial charge in [-0.05, 0) is 18.2 Å². The first-order valence-corrected chi connectivity index (χ1v) is 6.63. The maximum Gasteiger partial charge on any atom is 0.354 e. The zero-order chi connectivity index (χ0) is 15.6. The van der Waals surface area contributed by atoms with Crippen molar-refractivity contribution < 1.29 is 19.4 Å². The van der Waals surface area contributed by atoms with Gasteiger partial charge in [-0.1, -0.05) is 13.8 Å². The number of esters is 1. The molecule has 0 saturated carbocycles. The van der Waals surface area contributed by atoms with Gasteiger partial charge >= 0.3 is 5.97 Å². The normalized spacial score (nSPS) is 10.5. The van der Waals surface area contributed by atoms with Crippen LogP contribution in [0.15, 0.2) is 18.2 Å². The van der Waals surface area contributed by atoms with Crippen LogP contribution in [0, 0.1) is 0 Å². The van der Waals surface area contributed by atoms with Crippen molar-refractivity contribution in [1.82, 2.24) is 10.3 Å². The molecule has 0 atom stereocenters. The molecule has 1 heterocycles. The van der Waals surface area contributed by atoms with Crippen LogP contribution in [-0.4, -0.2) is 41.5 Å². The Morgan fingerprint density at radius 2 is 2.05 bits per heavy atom. The molecule has 0 unspecified atom stereocenters. The topological polar surface area (TPSA) is 91.4 Å². The predicted molar refractivity (Wildman–Crippen MR) is 86.0 cm³/mol. The number of Topliss-reactive ketones (excluding diaryl/α,β-unsaturated/α-hetero) is 1. The molecule has 6 nitrogen and oxygen atoms in total. The smallest absolute Gasteiger partial charge is 0.354 e. The zero-order valence-corrected chi connectivity index (χ0v) is 13.4. The van der Waals surface area contributed by atoms with E-state index in [1.807, 2.05) is 13.8 Å². The van der Waals surface area contributed by atoms with Gasteiger partial charge in [0.1, 0.15) is 11.4 Å². The van der Waals surface area contributed by atoms with Crippen molar-refractivity contribution in [2.45, 2.75) is 19.9 Å². The Bertz CT molecular complexity index is 694. The van der Waals surface area contributed by atoms with Crippen LogP contribution >= 0.6 is 12.4 Å². The molecule has 0 aliphatic carbocycles. The molecular formula is C15H19ClN2O4. The minimum absolute atomic E-state index is 0. The maximum absolute atomic E-state index is 12.2. The third-order valence-corrected chi connectivity index (χ3v) is 3.15. The van der Waals surface area contributed by atoms with Crippen LogP contribution in [0.1, 0.15) is 34.7 Å². The Balaban J connectivity index is 0.00000242. The van der Waals surface area contributed by atoms with E-state index in [9.17, 15) is 14.7 Å². The van der Waals surface area contributed by atoms with E-state index in [0.29, 0.717) is 16.5 Å². The lowest BCUT2D eigenvalue weighted by Gasteiger charge is -2.08. The molecule has 1 aromatic heterocycles. The number of hydrogen-bond donors (Lipinski definition) is 3. The van der Waals surface area contributed by atoms with E-state index < -0.39 is 5.97 Å². The molecular weight excluding hydrogens is 308 g/mol. The van der Waals surface area contributed by atoms with Crippen molar-refractivity contribution in [3.05, 3.63) is 29.5 Å². The molecule has 0 bridgehead atoms. The second-order valence-electron chi connectivity index (χ2n) is 5.05. The fraction of sp³-hybridized carbons (Fsp3) is 0.333. The van der Waals surface area contributed by atoms with Crippen LogP contribution < -0.4 is 5.32 Å². The summed E-state index contributed by atoms with van der Waals surface area (Å²) in [6, 6.07) is 4.70. The number of fused-ring (bicyclic) bond motifs is 1. The average molecular weight is 327 g/mol. The van der Waals surface area contributed by atoms with Gasteiger partial charge in [0.2, 0.25) is 0 Å². The van der Waals surface area contributed by atoms with Crippen LogP contribution in [0.25, 0.3) is 10.9 Å². The van der Waals surface area contributed by atoms with E-state index in [1.165, 1.54) is 19.2 Å². The average Bonchev–Trinajstić information content (AvgIpc) is 2.90. The summed E-state index contributed by atoms with van der Waals surface area (Å²) in [6.45, 7) is 4.09. The molecule has 2 rings (SSSR count). The van der Waals surface area contributed by atoms with E-state index in [-0.39, 0.29) is 42.2 Å². The molecule has 7 heteroatoms. The summed E-state index contributed by atoms with van der Waals surface area (Å²) < 4.78 is 4.64. The second kappa shape index (κ2) is 7.29. The van der Waals surface area contributed by atoms with Gasteiger partial charge in [0.05, 0.1) is 19.2 Å². The molecule has 0 radical (unpaired) electrons. The SMILES string of the molecule is COC(=O)c1cc2c(C(=O)CNC(C)C)ccc(O)c2[nH]1.Cl. The largest absolute Gasteiger partial charge is 0.506 e. The standard InChI is InChI=1S/C15H18N2O4.ClH/c1-8(2)16-7-13(19)9-4-5-12(18)14-10(9)6-11(17-14)15(20)21-3;/h4-6,8,16-18H,7H2,1-3H3;1H. The van der Waals surface area contributed by atoms with Gasteiger partial charge in [-0.15, -0.1) is 12.4 Å². The Morgan fingerprint density at radius 3 is 2.64 bits per heavy atom. The Hall–Kier alpha value is -2.05.